The van der Waals surface area contributed by atoms with Crippen LogP contribution in [-0.2, 0) is 22.6 Å². The van der Waals surface area contributed by atoms with Gasteiger partial charge in [-0.1, -0.05) is 58.8 Å². The van der Waals surface area contributed by atoms with Crippen LogP contribution in [0.25, 0.3) is 6.08 Å². The van der Waals surface area contributed by atoms with Crippen LogP contribution in [0.2, 0.25) is 10.0 Å². The molecular formula is C36H34Cl2N2O6S. The average Bonchev–Trinajstić information content (AvgIpc) is 3.34. The maximum atomic E-state index is 14.2. The van der Waals surface area contributed by atoms with Crippen LogP contribution in [0, 0.1) is 0 Å². The number of aromatic nitrogens is 1. The highest BCUT2D eigenvalue weighted by molar-refractivity contribution is 7.07. The maximum Gasteiger partial charge on any atom is 0.338 e. The van der Waals surface area contributed by atoms with E-state index in [4.69, 9.17) is 42.1 Å². The number of nitrogens with zero attached hydrogens (tertiary/aromatic N) is 2. The number of carbonyl (C=O) groups excluding carboxylic acids is 1. The predicted molar refractivity (Wildman–Crippen MR) is 186 cm³/mol. The van der Waals surface area contributed by atoms with Crippen LogP contribution < -0.4 is 29.1 Å². The lowest BCUT2D eigenvalue weighted by atomic mass is 9.95. The second kappa shape index (κ2) is 15.1. The number of halogens is 2. The standard InChI is InChI=1S/C36H34Cl2N2O6S/c1-6-11-23-16-22(17-29(44-7-2)33(23)46-20-24-12-9-10-13-27(24)38)18-30-34(41)40-32(26-19-25(37)14-15-28(26)43-5)31(35(42)45-8-3)21(4)39-36(40)47-30/h6,9-10,12-19,32H,1,7-8,11,20H2,2-5H3/b30-18-/t32-/m0/s1. The first-order chi connectivity index (χ1) is 22.7. The topological polar surface area (TPSA) is 88.4 Å². The molecule has 5 rings (SSSR count). The molecule has 1 aliphatic heterocycles. The number of thiazole rings is 1. The van der Waals surface area contributed by atoms with Crippen molar-refractivity contribution in [3.63, 3.8) is 0 Å². The zero-order chi connectivity index (χ0) is 33.7. The molecule has 0 saturated heterocycles. The molecule has 1 aliphatic rings. The molecule has 0 spiro atoms. The molecule has 0 aliphatic carbocycles. The van der Waals surface area contributed by atoms with E-state index < -0.39 is 12.0 Å². The normalized spacial score (nSPS) is 14.3. The second-order valence-electron chi connectivity index (χ2n) is 10.5. The molecule has 0 saturated carbocycles. The van der Waals surface area contributed by atoms with Gasteiger partial charge in [0.2, 0.25) is 0 Å². The van der Waals surface area contributed by atoms with Gasteiger partial charge >= 0.3 is 5.97 Å². The SMILES string of the molecule is C=CCc1cc(/C=c2\sc3n(c2=O)[C@@H](c2cc(Cl)ccc2OC)C(C(=O)OCC)=C(C)N=3)cc(OCC)c1OCc1ccccc1Cl. The zero-order valence-corrected chi connectivity index (χ0v) is 28.8. The molecule has 11 heteroatoms. The van der Waals surface area contributed by atoms with Gasteiger partial charge in [0, 0.05) is 26.7 Å². The van der Waals surface area contributed by atoms with Crippen LogP contribution in [0.4, 0.5) is 0 Å². The number of hydrogen-bond acceptors (Lipinski definition) is 8. The van der Waals surface area contributed by atoms with Gasteiger partial charge in [-0.25, -0.2) is 9.79 Å². The van der Waals surface area contributed by atoms with Gasteiger partial charge in [0.15, 0.2) is 16.3 Å². The van der Waals surface area contributed by atoms with E-state index in [-0.39, 0.29) is 24.3 Å². The van der Waals surface area contributed by atoms with E-state index in [2.05, 4.69) is 11.6 Å². The van der Waals surface area contributed by atoms with E-state index in [0.29, 0.717) is 60.9 Å². The van der Waals surface area contributed by atoms with E-state index in [1.807, 2.05) is 43.3 Å². The molecule has 0 bridgehead atoms. The highest BCUT2D eigenvalue weighted by Crippen LogP contribution is 2.38. The highest BCUT2D eigenvalue weighted by Gasteiger charge is 2.35. The van der Waals surface area contributed by atoms with Gasteiger partial charge in [0.05, 0.1) is 36.1 Å². The van der Waals surface area contributed by atoms with E-state index in [0.717, 1.165) is 16.7 Å². The molecule has 8 nitrogen and oxygen atoms in total. The predicted octanol–water partition coefficient (Wildman–Crippen LogP) is 6.82. The van der Waals surface area contributed by atoms with Gasteiger partial charge in [0.25, 0.3) is 5.56 Å². The Balaban J connectivity index is 1.66. The molecule has 0 amide bonds. The smallest absolute Gasteiger partial charge is 0.338 e. The van der Waals surface area contributed by atoms with E-state index in [1.165, 1.54) is 23.0 Å². The lowest BCUT2D eigenvalue weighted by molar-refractivity contribution is -0.139. The Labute approximate surface area is 286 Å². The molecule has 2 heterocycles. The van der Waals surface area contributed by atoms with Crippen LogP contribution >= 0.6 is 34.5 Å². The summed E-state index contributed by atoms with van der Waals surface area (Å²) in [7, 11) is 1.52. The second-order valence-corrected chi connectivity index (χ2v) is 12.4. The quantitative estimate of drug-likeness (QED) is 0.120. The number of ether oxygens (including phenoxy) is 4. The zero-order valence-electron chi connectivity index (χ0n) is 26.5. The summed E-state index contributed by atoms with van der Waals surface area (Å²) < 4.78 is 25.3. The van der Waals surface area contributed by atoms with E-state index in [9.17, 15) is 9.59 Å². The van der Waals surface area contributed by atoms with Crippen molar-refractivity contribution in [2.24, 2.45) is 4.99 Å². The van der Waals surface area contributed by atoms with E-state index in [1.54, 1.807) is 44.2 Å². The number of hydrogen-bond donors (Lipinski definition) is 0. The molecule has 4 aromatic rings. The molecule has 0 radical (unpaired) electrons. The van der Waals surface area contributed by atoms with Crippen LogP contribution in [0.3, 0.4) is 0 Å². The largest absolute Gasteiger partial charge is 0.496 e. The molecule has 0 N–H and O–H groups in total. The first kappa shape index (κ1) is 34.0. The van der Waals surface area contributed by atoms with Crippen molar-refractivity contribution >= 4 is 46.6 Å². The summed E-state index contributed by atoms with van der Waals surface area (Å²) in [6.45, 7) is 10.1. The Morgan fingerprint density at radius 2 is 1.83 bits per heavy atom. The lowest BCUT2D eigenvalue weighted by Crippen LogP contribution is -2.40. The summed E-state index contributed by atoms with van der Waals surface area (Å²) in [5.74, 6) is 0.999. The van der Waals surface area contributed by atoms with Crippen molar-refractivity contribution in [3.8, 4) is 17.2 Å². The molecule has 1 aromatic heterocycles. The van der Waals surface area contributed by atoms with Crippen molar-refractivity contribution in [3.05, 3.63) is 131 Å². The summed E-state index contributed by atoms with van der Waals surface area (Å²) in [4.78, 5) is 32.7. The van der Waals surface area contributed by atoms with Gasteiger partial charge in [-0.05, 0) is 75.2 Å². The maximum absolute atomic E-state index is 14.2. The Kier molecular flexibility index (Phi) is 10.9. The Hall–Kier alpha value is -4.31. The summed E-state index contributed by atoms with van der Waals surface area (Å²) in [5.41, 5.74) is 3.27. The number of rotatable bonds is 12. The lowest BCUT2D eigenvalue weighted by Gasteiger charge is -2.26. The van der Waals surface area contributed by atoms with Gasteiger partial charge < -0.3 is 18.9 Å². The Bertz CT molecular complexity index is 2050. The molecule has 0 fully saturated rings. The summed E-state index contributed by atoms with van der Waals surface area (Å²) in [5, 5.41) is 1.04. The molecule has 47 heavy (non-hydrogen) atoms. The first-order valence-electron chi connectivity index (χ1n) is 15.0. The summed E-state index contributed by atoms with van der Waals surface area (Å²) in [6, 6.07) is 15.5. The minimum absolute atomic E-state index is 0.159. The third-order valence-corrected chi connectivity index (χ3v) is 9.04. The number of carbonyl (C=O) groups is 1. The molecule has 244 valence electrons. The van der Waals surface area contributed by atoms with Crippen LogP contribution in [0.1, 0.15) is 49.1 Å². The van der Waals surface area contributed by atoms with Gasteiger partial charge in [-0.2, -0.15) is 0 Å². The minimum atomic E-state index is -0.878. The Morgan fingerprint density at radius 1 is 1.04 bits per heavy atom. The van der Waals surface area contributed by atoms with Crippen molar-refractivity contribution in [1.29, 1.82) is 0 Å². The van der Waals surface area contributed by atoms with Crippen molar-refractivity contribution < 1.29 is 23.7 Å². The van der Waals surface area contributed by atoms with Crippen molar-refractivity contribution in [1.82, 2.24) is 4.57 Å². The van der Waals surface area contributed by atoms with Gasteiger partial charge in [0.1, 0.15) is 18.4 Å². The molecule has 1 atom stereocenters. The van der Waals surface area contributed by atoms with Crippen LogP contribution in [0.5, 0.6) is 17.2 Å². The molecular weight excluding hydrogens is 659 g/mol. The molecule has 3 aromatic carbocycles. The fourth-order valence-corrected chi connectivity index (χ4v) is 6.84. The fraction of sp³-hybridized carbons (Fsp3) is 0.250. The third kappa shape index (κ3) is 7.17. The van der Waals surface area contributed by atoms with Gasteiger partial charge in [-0.15, -0.1) is 6.58 Å². The highest BCUT2D eigenvalue weighted by atomic mass is 35.5. The van der Waals surface area contributed by atoms with Gasteiger partial charge in [-0.3, -0.25) is 9.36 Å². The van der Waals surface area contributed by atoms with Crippen molar-refractivity contribution in [2.75, 3.05) is 20.3 Å². The summed E-state index contributed by atoms with van der Waals surface area (Å²) >= 11 is 14.0. The minimum Gasteiger partial charge on any atom is -0.496 e. The number of fused-ring (bicyclic) bond motifs is 1. The molecule has 0 unspecified atom stereocenters. The third-order valence-electron chi connectivity index (χ3n) is 7.45. The first-order valence-corrected chi connectivity index (χ1v) is 16.6. The monoisotopic (exact) mass is 692 g/mol. The Morgan fingerprint density at radius 3 is 2.53 bits per heavy atom. The number of allylic oxidation sites excluding steroid dienone is 2. The number of methoxy groups -OCH3 is 1. The van der Waals surface area contributed by atoms with E-state index >= 15 is 0 Å². The van der Waals surface area contributed by atoms with Crippen LogP contribution in [0.15, 0.2) is 88.3 Å². The average molecular weight is 694 g/mol. The van der Waals surface area contributed by atoms with Crippen molar-refractivity contribution in [2.45, 2.75) is 39.8 Å². The number of benzene rings is 3. The number of esters is 1. The summed E-state index contributed by atoms with van der Waals surface area (Å²) in [6.07, 6.45) is 4.06. The van der Waals surface area contributed by atoms with Crippen LogP contribution in [-0.4, -0.2) is 30.9 Å². The fourth-order valence-electron chi connectivity index (χ4n) is 5.42.